The lowest BCUT2D eigenvalue weighted by Gasteiger charge is -2.32. The highest BCUT2D eigenvalue weighted by atomic mass is 32.1. The maximum absolute atomic E-state index is 6.20. The first-order valence-corrected chi connectivity index (χ1v) is 10.2. The molecule has 26 heavy (non-hydrogen) atoms. The lowest BCUT2D eigenvalue weighted by molar-refractivity contribution is 0.00578. The van der Waals surface area contributed by atoms with Gasteiger partial charge in [0.1, 0.15) is 0 Å². The zero-order valence-corrected chi connectivity index (χ0v) is 17.7. The van der Waals surface area contributed by atoms with Crippen molar-refractivity contribution >= 4 is 34.1 Å². The van der Waals surface area contributed by atoms with Crippen molar-refractivity contribution in [3.8, 4) is 0 Å². The van der Waals surface area contributed by atoms with Gasteiger partial charge in [-0.2, -0.15) is 0 Å². The van der Waals surface area contributed by atoms with Crippen LogP contribution in [0.25, 0.3) is 10.2 Å². The van der Waals surface area contributed by atoms with Gasteiger partial charge in [-0.1, -0.05) is 19.9 Å². The van der Waals surface area contributed by atoms with Crippen molar-refractivity contribution in [2.45, 2.75) is 58.7 Å². The smallest absolute Gasteiger partial charge is 0.399 e. The molecule has 1 unspecified atom stereocenters. The Morgan fingerprint density at radius 1 is 1.12 bits per heavy atom. The quantitative estimate of drug-likeness (QED) is 0.754. The molecule has 0 bridgehead atoms. The number of likely N-dealkylation sites (tertiary alicyclic amines) is 1. The number of nitrogens with zero attached hydrogens (tertiary/aromatic N) is 2. The molecule has 2 fully saturated rings. The summed E-state index contributed by atoms with van der Waals surface area (Å²) in [5, 5.41) is 1.25. The van der Waals surface area contributed by atoms with Gasteiger partial charge in [0.15, 0.2) is 0 Å². The van der Waals surface area contributed by atoms with Crippen molar-refractivity contribution in [2.75, 3.05) is 20.1 Å². The number of fused-ring (bicyclic) bond motifs is 1. The molecule has 0 N–H and O–H groups in total. The third kappa shape index (κ3) is 2.91. The molecule has 2 saturated heterocycles. The van der Waals surface area contributed by atoms with Crippen LogP contribution in [-0.4, -0.2) is 48.3 Å². The molecule has 4 nitrogen and oxygen atoms in total. The van der Waals surface area contributed by atoms with E-state index < -0.39 is 0 Å². The van der Waals surface area contributed by atoms with Crippen molar-refractivity contribution in [2.24, 2.45) is 5.41 Å². The summed E-state index contributed by atoms with van der Waals surface area (Å²) >= 11 is 1.83. The molecule has 1 atom stereocenters. The summed E-state index contributed by atoms with van der Waals surface area (Å²) in [5.74, 6) is 0.491. The molecule has 4 rings (SSSR count). The predicted octanol–water partition coefficient (Wildman–Crippen LogP) is 3.65. The van der Waals surface area contributed by atoms with E-state index in [1.54, 1.807) is 0 Å². The van der Waals surface area contributed by atoms with Crippen LogP contribution in [0.3, 0.4) is 0 Å². The Hall–Kier alpha value is -0.945. The number of likely N-dealkylation sites (N-methyl/N-ethyl adjacent to an activating group) is 1. The SMILES string of the molecule is CN1CC(c2nc3cc(B4OC(C)(C)C(C)(C)O4)ccc3s2)C(C)(C)C1. The largest absolute Gasteiger partial charge is 0.494 e. The number of thiazole rings is 1. The Morgan fingerprint density at radius 2 is 1.77 bits per heavy atom. The first-order valence-electron chi connectivity index (χ1n) is 9.43. The van der Waals surface area contributed by atoms with Crippen LogP contribution in [0.4, 0.5) is 0 Å². The maximum Gasteiger partial charge on any atom is 0.494 e. The van der Waals surface area contributed by atoms with Crippen LogP contribution in [0.15, 0.2) is 18.2 Å². The molecule has 1 aromatic heterocycles. The Kier molecular flexibility index (Phi) is 4.09. The Morgan fingerprint density at radius 3 is 2.35 bits per heavy atom. The van der Waals surface area contributed by atoms with Crippen LogP contribution < -0.4 is 5.46 Å². The molecule has 2 aromatic rings. The van der Waals surface area contributed by atoms with Crippen molar-refractivity contribution in [3.05, 3.63) is 23.2 Å². The van der Waals surface area contributed by atoms with Gasteiger partial charge in [-0.25, -0.2) is 4.98 Å². The van der Waals surface area contributed by atoms with E-state index in [1.807, 2.05) is 11.3 Å². The first-order chi connectivity index (χ1) is 12.0. The van der Waals surface area contributed by atoms with Gasteiger partial charge in [-0.3, -0.25) is 0 Å². The van der Waals surface area contributed by atoms with Gasteiger partial charge in [0, 0.05) is 19.0 Å². The minimum absolute atomic E-state index is 0.261. The third-order valence-corrected chi connectivity index (χ3v) is 7.52. The third-order valence-electron chi connectivity index (χ3n) is 6.37. The number of rotatable bonds is 2. The minimum atomic E-state index is -0.330. The molecular formula is C20H29BN2O2S. The first kappa shape index (κ1) is 18.4. The average Bonchev–Trinajstić information content (AvgIpc) is 3.10. The number of hydrogen-bond acceptors (Lipinski definition) is 5. The van der Waals surface area contributed by atoms with E-state index in [-0.39, 0.29) is 23.7 Å². The normalized spacial score (nSPS) is 27.5. The maximum atomic E-state index is 6.20. The molecule has 3 heterocycles. The van der Waals surface area contributed by atoms with E-state index in [4.69, 9.17) is 14.3 Å². The highest BCUT2D eigenvalue weighted by Gasteiger charge is 2.51. The second-order valence-electron chi connectivity index (χ2n) is 9.61. The Balaban J connectivity index is 1.65. The topological polar surface area (TPSA) is 34.6 Å². The fourth-order valence-electron chi connectivity index (χ4n) is 4.08. The van der Waals surface area contributed by atoms with E-state index in [0.29, 0.717) is 5.92 Å². The fourth-order valence-corrected chi connectivity index (χ4v) is 5.33. The lowest BCUT2D eigenvalue weighted by Crippen LogP contribution is -2.41. The van der Waals surface area contributed by atoms with E-state index in [9.17, 15) is 0 Å². The Labute approximate surface area is 161 Å². The molecule has 0 aliphatic carbocycles. The molecule has 0 radical (unpaired) electrons. The van der Waals surface area contributed by atoms with E-state index >= 15 is 0 Å². The number of aromatic nitrogens is 1. The van der Waals surface area contributed by atoms with Gasteiger partial charge in [-0.15, -0.1) is 11.3 Å². The Bertz CT molecular complexity index is 829. The van der Waals surface area contributed by atoms with Crippen LogP contribution in [0.1, 0.15) is 52.5 Å². The molecule has 2 aliphatic rings. The van der Waals surface area contributed by atoms with Crippen LogP contribution in [0.2, 0.25) is 0 Å². The molecular weight excluding hydrogens is 343 g/mol. The van der Waals surface area contributed by atoms with Gasteiger partial charge in [-0.05, 0) is 57.8 Å². The number of hydrogen-bond donors (Lipinski definition) is 0. The van der Waals surface area contributed by atoms with Crippen LogP contribution in [0.5, 0.6) is 0 Å². The second-order valence-corrected chi connectivity index (χ2v) is 10.7. The van der Waals surface area contributed by atoms with E-state index in [0.717, 1.165) is 24.1 Å². The highest BCUT2D eigenvalue weighted by Crippen LogP contribution is 2.44. The lowest BCUT2D eigenvalue weighted by atomic mass is 9.79. The van der Waals surface area contributed by atoms with Crippen LogP contribution in [0, 0.1) is 5.41 Å². The molecule has 0 amide bonds. The molecule has 2 aliphatic heterocycles. The van der Waals surface area contributed by atoms with E-state index in [2.05, 4.69) is 71.7 Å². The zero-order valence-electron chi connectivity index (χ0n) is 16.9. The highest BCUT2D eigenvalue weighted by molar-refractivity contribution is 7.18. The minimum Gasteiger partial charge on any atom is -0.399 e. The van der Waals surface area contributed by atoms with Crippen LogP contribution >= 0.6 is 11.3 Å². The monoisotopic (exact) mass is 372 g/mol. The second kappa shape index (κ2) is 5.77. The van der Waals surface area contributed by atoms with Crippen molar-refractivity contribution in [1.82, 2.24) is 9.88 Å². The molecule has 6 heteroatoms. The van der Waals surface area contributed by atoms with Crippen molar-refractivity contribution in [1.29, 1.82) is 0 Å². The summed E-state index contributed by atoms with van der Waals surface area (Å²) < 4.78 is 13.6. The summed E-state index contributed by atoms with van der Waals surface area (Å²) in [6, 6.07) is 6.43. The van der Waals surface area contributed by atoms with Crippen molar-refractivity contribution < 1.29 is 9.31 Å². The zero-order chi connectivity index (χ0) is 18.9. The summed E-state index contributed by atoms with van der Waals surface area (Å²) in [4.78, 5) is 7.42. The molecule has 1 aromatic carbocycles. The molecule has 0 saturated carbocycles. The molecule has 0 spiro atoms. The van der Waals surface area contributed by atoms with Gasteiger partial charge >= 0.3 is 7.12 Å². The van der Waals surface area contributed by atoms with Crippen LogP contribution in [-0.2, 0) is 9.31 Å². The van der Waals surface area contributed by atoms with Gasteiger partial charge < -0.3 is 14.2 Å². The summed E-state index contributed by atoms with van der Waals surface area (Å²) in [5.41, 5.74) is 1.73. The standard InChI is InChI=1S/C20H29BN2O2S/c1-18(2)12-23(7)11-14(18)17-22-15-10-13(8-9-16(15)26-17)21-24-19(3,4)20(5,6)25-21/h8-10,14H,11-12H2,1-7H3. The summed E-state index contributed by atoms with van der Waals surface area (Å²) in [6.45, 7) is 15.3. The summed E-state index contributed by atoms with van der Waals surface area (Å²) in [7, 11) is 1.87. The number of benzene rings is 1. The predicted molar refractivity (Wildman–Crippen MR) is 109 cm³/mol. The molecule has 140 valence electrons. The fraction of sp³-hybridized carbons (Fsp3) is 0.650. The van der Waals surface area contributed by atoms with Crippen molar-refractivity contribution in [3.63, 3.8) is 0 Å². The summed E-state index contributed by atoms with van der Waals surface area (Å²) in [6.07, 6.45) is 0. The average molecular weight is 372 g/mol. The van der Waals surface area contributed by atoms with Gasteiger partial charge in [0.05, 0.1) is 26.4 Å². The van der Waals surface area contributed by atoms with Gasteiger partial charge in [0.2, 0.25) is 0 Å². The van der Waals surface area contributed by atoms with E-state index in [1.165, 1.54) is 9.71 Å². The van der Waals surface area contributed by atoms with Gasteiger partial charge in [0.25, 0.3) is 0 Å².